The lowest BCUT2D eigenvalue weighted by Gasteiger charge is -2.34. The fourth-order valence-corrected chi connectivity index (χ4v) is 3.16. The Kier molecular flexibility index (Phi) is 5.28. The first-order valence-electron chi connectivity index (χ1n) is 8.60. The molecule has 1 saturated heterocycles. The average Bonchev–Trinajstić information content (AvgIpc) is 3.35. The molecule has 3 heteroatoms. The van der Waals surface area contributed by atoms with Crippen molar-refractivity contribution in [2.24, 2.45) is 0 Å². The predicted molar refractivity (Wildman–Crippen MR) is 88.3 cm³/mol. The Balaban J connectivity index is 1.42. The number of piperazine rings is 1. The number of benzene rings is 1. The summed E-state index contributed by atoms with van der Waals surface area (Å²) in [7, 11) is 0. The van der Waals surface area contributed by atoms with Crippen molar-refractivity contribution in [3.8, 4) is 0 Å². The van der Waals surface area contributed by atoms with Gasteiger partial charge in [-0.25, -0.2) is 0 Å². The Bertz CT molecular complexity index is 417. The van der Waals surface area contributed by atoms with Gasteiger partial charge in [0.1, 0.15) is 0 Å². The van der Waals surface area contributed by atoms with Gasteiger partial charge < -0.3 is 5.32 Å². The molecule has 21 heavy (non-hydrogen) atoms. The van der Waals surface area contributed by atoms with Crippen molar-refractivity contribution in [3.05, 3.63) is 35.4 Å². The van der Waals surface area contributed by atoms with Crippen molar-refractivity contribution in [2.45, 2.75) is 45.3 Å². The zero-order chi connectivity index (χ0) is 14.5. The number of nitrogens with one attached hydrogen (secondary N) is 1. The second-order valence-corrected chi connectivity index (χ2v) is 6.54. The second kappa shape index (κ2) is 7.39. The van der Waals surface area contributed by atoms with Crippen LogP contribution in [0.3, 0.4) is 0 Å². The molecule has 0 amide bonds. The molecule has 2 fully saturated rings. The molecule has 0 spiro atoms. The molecule has 0 aromatic heterocycles. The highest BCUT2D eigenvalue weighted by atomic mass is 15.3. The van der Waals surface area contributed by atoms with E-state index in [0.29, 0.717) is 0 Å². The number of hydrogen-bond donors (Lipinski definition) is 1. The summed E-state index contributed by atoms with van der Waals surface area (Å²) in [5, 5.41) is 3.46. The molecule has 1 heterocycles. The van der Waals surface area contributed by atoms with Crippen LogP contribution >= 0.6 is 0 Å². The topological polar surface area (TPSA) is 18.5 Å². The van der Waals surface area contributed by atoms with E-state index >= 15 is 0 Å². The highest BCUT2D eigenvalue weighted by Crippen LogP contribution is 2.27. The minimum absolute atomic E-state index is 0.932. The maximum atomic E-state index is 3.46. The maximum absolute atomic E-state index is 3.46. The van der Waals surface area contributed by atoms with Gasteiger partial charge >= 0.3 is 0 Å². The smallest absolute Gasteiger partial charge is 0.0234 e. The van der Waals surface area contributed by atoms with Gasteiger partial charge in [-0.3, -0.25) is 9.80 Å². The van der Waals surface area contributed by atoms with Crippen LogP contribution in [0.4, 0.5) is 0 Å². The fourth-order valence-electron chi connectivity index (χ4n) is 3.16. The molecule has 0 atom stereocenters. The van der Waals surface area contributed by atoms with Crippen LogP contribution in [-0.4, -0.2) is 48.6 Å². The second-order valence-electron chi connectivity index (χ2n) is 6.54. The van der Waals surface area contributed by atoms with E-state index < -0.39 is 0 Å². The van der Waals surface area contributed by atoms with Crippen molar-refractivity contribution < 1.29 is 0 Å². The van der Waals surface area contributed by atoms with Crippen LogP contribution in [0.1, 0.15) is 37.3 Å². The van der Waals surface area contributed by atoms with Crippen LogP contribution in [0.2, 0.25) is 0 Å². The minimum atomic E-state index is 0.932. The lowest BCUT2D eigenvalue weighted by Crippen LogP contribution is -2.46. The molecular formula is C18H29N3. The zero-order valence-corrected chi connectivity index (χ0v) is 13.4. The summed E-state index contributed by atoms with van der Waals surface area (Å²) in [6.07, 6.45) is 4.08. The van der Waals surface area contributed by atoms with Gasteiger partial charge in [-0.1, -0.05) is 31.2 Å². The molecule has 1 saturated carbocycles. The summed E-state index contributed by atoms with van der Waals surface area (Å²) in [6.45, 7) is 10.4. The van der Waals surface area contributed by atoms with Gasteiger partial charge in [0.05, 0.1) is 0 Å². The van der Waals surface area contributed by atoms with Crippen molar-refractivity contribution in [1.82, 2.24) is 15.1 Å². The van der Waals surface area contributed by atoms with Crippen LogP contribution < -0.4 is 5.32 Å². The number of hydrogen-bond acceptors (Lipinski definition) is 3. The molecule has 1 aliphatic carbocycles. The van der Waals surface area contributed by atoms with Crippen LogP contribution in [0, 0.1) is 0 Å². The summed E-state index contributed by atoms with van der Waals surface area (Å²) in [4.78, 5) is 5.28. The molecule has 1 N–H and O–H groups in total. The van der Waals surface area contributed by atoms with E-state index in [1.165, 1.54) is 56.6 Å². The molecule has 2 aliphatic rings. The molecule has 0 radical (unpaired) electrons. The highest BCUT2D eigenvalue weighted by Gasteiger charge is 2.30. The molecular weight excluding hydrogens is 258 g/mol. The third-order valence-corrected chi connectivity index (χ3v) is 4.66. The predicted octanol–water partition coefficient (Wildman–Crippen LogP) is 2.47. The first-order valence-corrected chi connectivity index (χ1v) is 8.60. The monoisotopic (exact) mass is 287 g/mol. The Hall–Kier alpha value is -0.900. The molecule has 1 aromatic rings. The van der Waals surface area contributed by atoms with Gasteiger partial charge in [-0.15, -0.1) is 0 Å². The zero-order valence-electron chi connectivity index (χ0n) is 13.4. The minimum Gasteiger partial charge on any atom is -0.313 e. The maximum Gasteiger partial charge on any atom is 0.0234 e. The summed E-state index contributed by atoms with van der Waals surface area (Å²) in [6, 6.07) is 10.1. The lowest BCUT2D eigenvalue weighted by molar-refractivity contribution is 0.121. The third-order valence-electron chi connectivity index (χ3n) is 4.66. The molecule has 116 valence electrons. The van der Waals surface area contributed by atoms with Crippen LogP contribution in [0.15, 0.2) is 24.3 Å². The van der Waals surface area contributed by atoms with Crippen LogP contribution in [-0.2, 0) is 13.1 Å². The van der Waals surface area contributed by atoms with E-state index in [2.05, 4.69) is 46.3 Å². The van der Waals surface area contributed by atoms with Gasteiger partial charge in [0.2, 0.25) is 0 Å². The van der Waals surface area contributed by atoms with Crippen molar-refractivity contribution in [1.29, 1.82) is 0 Å². The van der Waals surface area contributed by atoms with E-state index in [1.807, 2.05) is 0 Å². The Morgan fingerprint density at radius 1 is 1.00 bits per heavy atom. The summed E-state index contributed by atoms with van der Waals surface area (Å²) in [5.41, 5.74) is 2.85. The van der Waals surface area contributed by atoms with E-state index in [-0.39, 0.29) is 0 Å². The molecule has 0 unspecified atom stereocenters. The number of nitrogens with zero attached hydrogens (tertiary/aromatic N) is 2. The summed E-state index contributed by atoms with van der Waals surface area (Å²) in [5.74, 6) is 0. The first kappa shape index (κ1) is 15.0. The molecule has 3 nitrogen and oxygen atoms in total. The van der Waals surface area contributed by atoms with Crippen LogP contribution in [0.25, 0.3) is 0 Å². The molecule has 1 aromatic carbocycles. The molecule has 1 aliphatic heterocycles. The van der Waals surface area contributed by atoms with Gasteiger partial charge in [-0.2, -0.15) is 0 Å². The first-order chi connectivity index (χ1) is 10.3. The Labute approximate surface area is 129 Å². The number of rotatable bonds is 7. The van der Waals surface area contributed by atoms with Gasteiger partial charge in [0, 0.05) is 45.3 Å². The Morgan fingerprint density at radius 2 is 1.67 bits per heavy atom. The quantitative estimate of drug-likeness (QED) is 0.777. The van der Waals surface area contributed by atoms with Crippen molar-refractivity contribution in [3.63, 3.8) is 0 Å². The van der Waals surface area contributed by atoms with Gasteiger partial charge in [-0.05, 0) is 36.9 Å². The van der Waals surface area contributed by atoms with E-state index in [1.54, 1.807) is 0 Å². The molecule has 3 rings (SSSR count). The summed E-state index contributed by atoms with van der Waals surface area (Å²) >= 11 is 0. The average molecular weight is 287 g/mol. The molecule has 0 bridgehead atoms. The summed E-state index contributed by atoms with van der Waals surface area (Å²) < 4.78 is 0. The van der Waals surface area contributed by atoms with Crippen LogP contribution in [0.5, 0.6) is 0 Å². The van der Waals surface area contributed by atoms with E-state index in [4.69, 9.17) is 0 Å². The van der Waals surface area contributed by atoms with Gasteiger partial charge in [0.25, 0.3) is 0 Å². The van der Waals surface area contributed by atoms with E-state index in [0.717, 1.165) is 25.7 Å². The van der Waals surface area contributed by atoms with Crippen molar-refractivity contribution >= 4 is 0 Å². The van der Waals surface area contributed by atoms with Gasteiger partial charge in [0.15, 0.2) is 0 Å². The normalized spacial score (nSPS) is 20.8. The highest BCUT2D eigenvalue weighted by molar-refractivity contribution is 5.22. The standard InChI is InChI=1S/C18H29N3/c1-2-9-19-14-16-3-5-17(6-4-16)15-20-10-12-21(13-11-20)18-7-8-18/h3-6,18-19H,2,7-15H2,1H3. The SMILES string of the molecule is CCCNCc1ccc(CN2CCN(C3CC3)CC2)cc1. The fraction of sp³-hybridized carbons (Fsp3) is 0.667. The largest absolute Gasteiger partial charge is 0.313 e. The van der Waals surface area contributed by atoms with Crippen molar-refractivity contribution in [2.75, 3.05) is 32.7 Å². The third kappa shape index (κ3) is 4.53. The Morgan fingerprint density at radius 3 is 2.29 bits per heavy atom. The lowest BCUT2D eigenvalue weighted by atomic mass is 10.1. The van der Waals surface area contributed by atoms with E-state index in [9.17, 15) is 0 Å².